The molecule has 2 heterocycles. The highest BCUT2D eigenvalue weighted by atomic mass is 16.1. The highest BCUT2D eigenvalue weighted by Gasteiger charge is 2.21. The maximum Gasteiger partial charge on any atom is 0.196 e. The van der Waals surface area contributed by atoms with Gasteiger partial charge in [0.25, 0.3) is 0 Å². The molecule has 0 bridgehead atoms. The Balaban J connectivity index is 2.03. The van der Waals surface area contributed by atoms with Crippen LogP contribution >= 0.6 is 0 Å². The standard InChI is InChI=1S/C22H25N5O/c1-26(2)14-7-15-27(22-19(23)10-6-13-25-22)20-11-4-3-9-18(20)21(28)17-8-5-12-24-16-17/h3-6,8-13,16H,7,14-15,23H2,1-2H3. The Morgan fingerprint density at radius 1 is 1.00 bits per heavy atom. The number of benzene rings is 1. The zero-order valence-electron chi connectivity index (χ0n) is 16.2. The third-order valence-corrected chi connectivity index (χ3v) is 4.42. The van der Waals surface area contributed by atoms with E-state index in [0.29, 0.717) is 29.2 Å². The number of hydrogen-bond donors (Lipinski definition) is 1. The molecule has 0 spiro atoms. The first-order chi connectivity index (χ1) is 13.6. The van der Waals surface area contributed by atoms with Gasteiger partial charge < -0.3 is 15.5 Å². The van der Waals surface area contributed by atoms with Gasteiger partial charge in [-0.1, -0.05) is 12.1 Å². The van der Waals surface area contributed by atoms with E-state index >= 15 is 0 Å². The molecule has 2 aromatic heterocycles. The van der Waals surface area contributed by atoms with Crippen LogP contribution in [0.1, 0.15) is 22.3 Å². The second-order valence-electron chi connectivity index (χ2n) is 6.81. The van der Waals surface area contributed by atoms with E-state index in [1.807, 2.05) is 55.4 Å². The van der Waals surface area contributed by atoms with Gasteiger partial charge in [-0.3, -0.25) is 9.78 Å². The number of nitrogens with two attached hydrogens (primary N) is 1. The van der Waals surface area contributed by atoms with Crippen LogP contribution in [-0.2, 0) is 0 Å². The van der Waals surface area contributed by atoms with Crippen LogP contribution in [0.5, 0.6) is 0 Å². The van der Waals surface area contributed by atoms with Crippen LogP contribution in [0.2, 0.25) is 0 Å². The summed E-state index contributed by atoms with van der Waals surface area (Å²) in [6, 6.07) is 14.7. The molecule has 6 heteroatoms. The molecule has 0 amide bonds. The second-order valence-corrected chi connectivity index (χ2v) is 6.81. The van der Waals surface area contributed by atoms with Crippen molar-refractivity contribution in [2.24, 2.45) is 0 Å². The van der Waals surface area contributed by atoms with Crippen molar-refractivity contribution >= 4 is 23.0 Å². The number of ketones is 1. The fourth-order valence-corrected chi connectivity index (χ4v) is 3.07. The highest BCUT2D eigenvalue weighted by molar-refractivity contribution is 6.12. The number of anilines is 3. The monoisotopic (exact) mass is 375 g/mol. The first-order valence-electron chi connectivity index (χ1n) is 9.24. The molecule has 2 N–H and O–H groups in total. The Kier molecular flexibility index (Phi) is 6.34. The van der Waals surface area contributed by atoms with Gasteiger partial charge in [-0.05, 0) is 63.5 Å². The summed E-state index contributed by atoms with van der Waals surface area (Å²) in [5.41, 5.74) is 8.75. The molecule has 1 aromatic carbocycles. The number of hydrogen-bond acceptors (Lipinski definition) is 6. The fourth-order valence-electron chi connectivity index (χ4n) is 3.07. The number of nitrogens with zero attached hydrogens (tertiary/aromatic N) is 4. The Morgan fingerprint density at radius 3 is 2.50 bits per heavy atom. The van der Waals surface area contributed by atoms with Crippen molar-refractivity contribution in [2.75, 3.05) is 37.8 Å². The van der Waals surface area contributed by atoms with Gasteiger partial charge in [-0.15, -0.1) is 0 Å². The minimum atomic E-state index is -0.0733. The summed E-state index contributed by atoms with van der Waals surface area (Å²) < 4.78 is 0. The Labute approximate surface area is 165 Å². The predicted molar refractivity (Wildman–Crippen MR) is 113 cm³/mol. The van der Waals surface area contributed by atoms with Gasteiger partial charge in [-0.2, -0.15) is 0 Å². The molecule has 3 rings (SSSR count). The molecule has 0 radical (unpaired) electrons. The van der Waals surface area contributed by atoms with Gasteiger partial charge in [-0.25, -0.2) is 4.98 Å². The van der Waals surface area contributed by atoms with Gasteiger partial charge in [0.15, 0.2) is 11.6 Å². The molecular weight excluding hydrogens is 350 g/mol. The quantitative estimate of drug-likeness (QED) is 0.608. The molecule has 0 fully saturated rings. The van der Waals surface area contributed by atoms with Crippen molar-refractivity contribution < 1.29 is 4.79 Å². The number of nitrogen functional groups attached to an aromatic ring is 1. The minimum absolute atomic E-state index is 0.0733. The molecule has 0 aliphatic heterocycles. The van der Waals surface area contributed by atoms with Crippen molar-refractivity contribution in [3.63, 3.8) is 0 Å². The van der Waals surface area contributed by atoms with Crippen molar-refractivity contribution in [2.45, 2.75) is 6.42 Å². The van der Waals surface area contributed by atoms with Crippen molar-refractivity contribution in [1.82, 2.24) is 14.9 Å². The zero-order chi connectivity index (χ0) is 19.9. The summed E-state index contributed by atoms with van der Waals surface area (Å²) in [4.78, 5) is 25.9. The van der Waals surface area contributed by atoms with Crippen LogP contribution in [0.15, 0.2) is 67.1 Å². The predicted octanol–water partition coefficient (Wildman–Crippen LogP) is 3.38. The van der Waals surface area contributed by atoms with E-state index in [0.717, 1.165) is 18.7 Å². The normalized spacial score (nSPS) is 10.8. The number of carbonyl (C=O) groups excluding carboxylic acids is 1. The summed E-state index contributed by atoms with van der Waals surface area (Å²) in [7, 11) is 4.08. The Morgan fingerprint density at radius 2 is 1.79 bits per heavy atom. The highest BCUT2D eigenvalue weighted by Crippen LogP contribution is 2.32. The summed E-state index contributed by atoms with van der Waals surface area (Å²) in [5.74, 6) is 0.587. The molecule has 144 valence electrons. The van der Waals surface area contributed by atoms with E-state index in [1.54, 1.807) is 30.7 Å². The summed E-state index contributed by atoms with van der Waals surface area (Å²) in [5, 5.41) is 0. The van der Waals surface area contributed by atoms with Gasteiger partial charge >= 0.3 is 0 Å². The first-order valence-corrected chi connectivity index (χ1v) is 9.24. The topological polar surface area (TPSA) is 75.3 Å². The van der Waals surface area contributed by atoms with Gasteiger partial charge in [0, 0.05) is 36.3 Å². The summed E-state index contributed by atoms with van der Waals surface area (Å²) >= 11 is 0. The van der Waals surface area contributed by atoms with Crippen molar-refractivity contribution in [1.29, 1.82) is 0 Å². The Bertz CT molecular complexity index is 927. The van der Waals surface area contributed by atoms with Crippen LogP contribution in [0.3, 0.4) is 0 Å². The van der Waals surface area contributed by atoms with Crippen LogP contribution in [0.4, 0.5) is 17.2 Å². The minimum Gasteiger partial charge on any atom is -0.396 e. The molecule has 28 heavy (non-hydrogen) atoms. The first kappa shape index (κ1) is 19.5. The second kappa shape index (κ2) is 9.10. The third-order valence-electron chi connectivity index (χ3n) is 4.42. The molecule has 0 atom stereocenters. The number of carbonyl (C=O) groups is 1. The van der Waals surface area contributed by atoms with Gasteiger partial charge in [0.2, 0.25) is 0 Å². The molecule has 0 unspecified atom stereocenters. The number of para-hydroxylation sites is 1. The van der Waals surface area contributed by atoms with Crippen LogP contribution < -0.4 is 10.6 Å². The molecule has 6 nitrogen and oxygen atoms in total. The molecular formula is C22H25N5O. The maximum atomic E-state index is 13.1. The van der Waals surface area contributed by atoms with E-state index in [4.69, 9.17) is 5.73 Å². The van der Waals surface area contributed by atoms with E-state index < -0.39 is 0 Å². The lowest BCUT2D eigenvalue weighted by Gasteiger charge is -2.27. The third kappa shape index (κ3) is 4.53. The maximum absolute atomic E-state index is 13.1. The lowest BCUT2D eigenvalue weighted by atomic mass is 10.0. The Hall–Kier alpha value is -3.25. The lowest BCUT2D eigenvalue weighted by Crippen LogP contribution is -2.26. The van der Waals surface area contributed by atoms with Crippen LogP contribution in [-0.4, -0.2) is 47.8 Å². The number of rotatable bonds is 8. The van der Waals surface area contributed by atoms with E-state index in [2.05, 4.69) is 14.9 Å². The molecule has 0 saturated carbocycles. The van der Waals surface area contributed by atoms with Crippen molar-refractivity contribution in [3.8, 4) is 0 Å². The van der Waals surface area contributed by atoms with Crippen LogP contribution in [0, 0.1) is 0 Å². The largest absolute Gasteiger partial charge is 0.396 e. The summed E-state index contributed by atoms with van der Waals surface area (Å²) in [6.45, 7) is 1.61. The number of aromatic nitrogens is 2. The molecule has 3 aromatic rings. The average molecular weight is 375 g/mol. The fraction of sp³-hybridized carbons (Fsp3) is 0.227. The molecule has 0 saturated heterocycles. The smallest absolute Gasteiger partial charge is 0.196 e. The zero-order valence-corrected chi connectivity index (χ0v) is 16.2. The SMILES string of the molecule is CN(C)CCCN(c1ccccc1C(=O)c1cccnc1)c1ncccc1N. The summed E-state index contributed by atoms with van der Waals surface area (Å²) in [6.07, 6.45) is 5.87. The van der Waals surface area contributed by atoms with E-state index in [-0.39, 0.29) is 5.78 Å². The number of pyridine rings is 2. The molecule has 0 aliphatic carbocycles. The van der Waals surface area contributed by atoms with Gasteiger partial charge in [0.05, 0.1) is 11.4 Å². The van der Waals surface area contributed by atoms with E-state index in [9.17, 15) is 4.79 Å². The van der Waals surface area contributed by atoms with Crippen LogP contribution in [0.25, 0.3) is 0 Å². The van der Waals surface area contributed by atoms with E-state index in [1.165, 1.54) is 0 Å². The average Bonchev–Trinajstić information content (AvgIpc) is 2.72. The van der Waals surface area contributed by atoms with Crippen molar-refractivity contribution in [3.05, 3.63) is 78.2 Å². The van der Waals surface area contributed by atoms with Gasteiger partial charge in [0.1, 0.15) is 0 Å². The molecule has 0 aliphatic rings. The lowest BCUT2D eigenvalue weighted by molar-refractivity contribution is 0.103.